The van der Waals surface area contributed by atoms with Crippen molar-refractivity contribution < 1.29 is 9.26 Å². The molecule has 2 aromatic carbocycles. The summed E-state index contributed by atoms with van der Waals surface area (Å²) in [5, 5.41) is 8.37. The molecule has 0 aliphatic carbocycles. The molecule has 2 aromatic heterocycles. The smallest absolute Gasteiger partial charge is 0.282 e. The SMILES string of the molecule is CCOc1cccc(-c2noc(-c3nn(-c4ccc(C)cc4)ccc3=O)n2)c1. The Morgan fingerprint density at radius 2 is 1.93 bits per heavy atom. The van der Waals surface area contributed by atoms with Crippen LogP contribution in [0, 0.1) is 6.92 Å². The molecular formula is C21H18N4O3. The minimum Gasteiger partial charge on any atom is -0.494 e. The van der Waals surface area contributed by atoms with Gasteiger partial charge in [0.25, 0.3) is 5.89 Å². The van der Waals surface area contributed by atoms with Crippen molar-refractivity contribution in [2.75, 3.05) is 6.61 Å². The zero-order valence-corrected chi connectivity index (χ0v) is 15.5. The predicted octanol–water partition coefficient (Wildman–Crippen LogP) is 3.66. The molecule has 0 atom stereocenters. The second-order valence-electron chi connectivity index (χ2n) is 6.19. The fraction of sp³-hybridized carbons (Fsp3) is 0.143. The van der Waals surface area contributed by atoms with Gasteiger partial charge in [-0.3, -0.25) is 4.79 Å². The van der Waals surface area contributed by atoms with Crippen LogP contribution in [0.15, 0.2) is 70.1 Å². The highest BCUT2D eigenvalue weighted by Crippen LogP contribution is 2.23. The van der Waals surface area contributed by atoms with Gasteiger partial charge in [-0.15, -0.1) is 0 Å². The quantitative estimate of drug-likeness (QED) is 0.530. The third kappa shape index (κ3) is 3.55. The zero-order chi connectivity index (χ0) is 19.5. The summed E-state index contributed by atoms with van der Waals surface area (Å²) in [6.45, 7) is 4.49. The first-order valence-corrected chi connectivity index (χ1v) is 8.88. The Labute approximate surface area is 161 Å². The molecule has 0 saturated heterocycles. The monoisotopic (exact) mass is 374 g/mol. The van der Waals surface area contributed by atoms with Gasteiger partial charge in [0, 0.05) is 17.8 Å². The van der Waals surface area contributed by atoms with Crippen LogP contribution >= 0.6 is 0 Å². The summed E-state index contributed by atoms with van der Waals surface area (Å²) in [6, 6.07) is 16.6. The summed E-state index contributed by atoms with van der Waals surface area (Å²) in [5.74, 6) is 1.15. The van der Waals surface area contributed by atoms with E-state index in [-0.39, 0.29) is 17.0 Å². The Kier molecular flexibility index (Phi) is 4.72. The van der Waals surface area contributed by atoms with E-state index >= 15 is 0 Å². The maximum absolute atomic E-state index is 12.3. The van der Waals surface area contributed by atoms with E-state index < -0.39 is 0 Å². The molecule has 0 amide bonds. The van der Waals surface area contributed by atoms with Gasteiger partial charge in [-0.25, -0.2) is 4.68 Å². The van der Waals surface area contributed by atoms with Gasteiger partial charge in [-0.05, 0) is 38.1 Å². The van der Waals surface area contributed by atoms with Crippen molar-refractivity contribution in [3.63, 3.8) is 0 Å². The van der Waals surface area contributed by atoms with Gasteiger partial charge in [0.15, 0.2) is 5.69 Å². The number of aryl methyl sites for hydroxylation is 1. The highest BCUT2D eigenvalue weighted by Gasteiger charge is 2.16. The number of hydrogen-bond donors (Lipinski definition) is 0. The summed E-state index contributed by atoms with van der Waals surface area (Å²) < 4.78 is 12.4. The Morgan fingerprint density at radius 1 is 1.11 bits per heavy atom. The van der Waals surface area contributed by atoms with Gasteiger partial charge in [0.1, 0.15) is 5.75 Å². The van der Waals surface area contributed by atoms with E-state index in [2.05, 4.69) is 15.2 Å². The first kappa shape index (κ1) is 17.7. The summed E-state index contributed by atoms with van der Waals surface area (Å²) in [7, 11) is 0. The van der Waals surface area contributed by atoms with E-state index in [1.165, 1.54) is 6.07 Å². The normalized spacial score (nSPS) is 10.8. The molecule has 0 aliphatic rings. The first-order chi connectivity index (χ1) is 13.6. The van der Waals surface area contributed by atoms with Gasteiger partial charge in [0.05, 0.1) is 12.3 Å². The molecule has 2 heterocycles. The number of hydrogen-bond acceptors (Lipinski definition) is 6. The van der Waals surface area contributed by atoms with E-state index in [4.69, 9.17) is 9.26 Å². The molecule has 4 rings (SSSR count). The van der Waals surface area contributed by atoms with Crippen LogP contribution in [0.25, 0.3) is 28.7 Å². The molecule has 7 heteroatoms. The third-order valence-electron chi connectivity index (χ3n) is 4.14. The van der Waals surface area contributed by atoms with Crippen LogP contribution in [-0.4, -0.2) is 26.5 Å². The Morgan fingerprint density at radius 3 is 2.71 bits per heavy atom. The van der Waals surface area contributed by atoms with Crippen LogP contribution < -0.4 is 10.2 Å². The third-order valence-corrected chi connectivity index (χ3v) is 4.14. The molecule has 0 radical (unpaired) electrons. The summed E-state index contributed by atoms with van der Waals surface area (Å²) >= 11 is 0. The Balaban J connectivity index is 1.70. The van der Waals surface area contributed by atoms with Crippen molar-refractivity contribution in [2.45, 2.75) is 13.8 Å². The number of nitrogens with zero attached hydrogens (tertiary/aromatic N) is 4. The van der Waals surface area contributed by atoms with Crippen molar-refractivity contribution >= 4 is 0 Å². The second-order valence-corrected chi connectivity index (χ2v) is 6.19. The van der Waals surface area contributed by atoms with Crippen molar-refractivity contribution in [2.24, 2.45) is 0 Å². The highest BCUT2D eigenvalue weighted by molar-refractivity contribution is 5.59. The molecule has 0 saturated carbocycles. The minimum absolute atomic E-state index is 0.0725. The van der Waals surface area contributed by atoms with Gasteiger partial charge >= 0.3 is 0 Å². The fourth-order valence-corrected chi connectivity index (χ4v) is 2.73. The molecule has 0 N–H and O–H groups in total. The predicted molar refractivity (Wildman–Crippen MR) is 104 cm³/mol. The molecule has 4 aromatic rings. The standard InChI is InChI=1S/C21H18N4O3/c1-3-27-17-6-4-5-15(13-17)20-22-21(28-24-20)19-18(26)11-12-25(23-19)16-9-7-14(2)8-10-16/h4-13H,3H2,1-2H3. The van der Waals surface area contributed by atoms with Gasteiger partial charge in [-0.1, -0.05) is 35.0 Å². The van der Waals surface area contributed by atoms with E-state index in [1.807, 2.05) is 62.4 Å². The summed E-state index contributed by atoms with van der Waals surface area (Å²) in [4.78, 5) is 16.7. The Hall–Kier alpha value is -3.74. The average Bonchev–Trinajstić information content (AvgIpc) is 3.20. The van der Waals surface area contributed by atoms with Gasteiger partial charge in [-0.2, -0.15) is 10.1 Å². The van der Waals surface area contributed by atoms with E-state index in [9.17, 15) is 4.79 Å². The molecule has 140 valence electrons. The van der Waals surface area contributed by atoms with Crippen molar-refractivity contribution in [1.29, 1.82) is 0 Å². The molecule has 7 nitrogen and oxygen atoms in total. The van der Waals surface area contributed by atoms with Crippen LogP contribution in [0.1, 0.15) is 12.5 Å². The minimum atomic E-state index is -0.290. The van der Waals surface area contributed by atoms with Crippen LogP contribution in [0.3, 0.4) is 0 Å². The lowest BCUT2D eigenvalue weighted by molar-refractivity contribution is 0.340. The van der Waals surface area contributed by atoms with Crippen molar-refractivity contribution in [3.05, 3.63) is 76.6 Å². The van der Waals surface area contributed by atoms with Gasteiger partial charge < -0.3 is 9.26 Å². The van der Waals surface area contributed by atoms with E-state index in [0.29, 0.717) is 18.2 Å². The van der Waals surface area contributed by atoms with Crippen molar-refractivity contribution in [1.82, 2.24) is 19.9 Å². The second kappa shape index (κ2) is 7.48. The lowest BCUT2D eigenvalue weighted by Crippen LogP contribution is -2.12. The fourth-order valence-electron chi connectivity index (χ4n) is 2.73. The zero-order valence-electron chi connectivity index (χ0n) is 15.5. The molecule has 28 heavy (non-hydrogen) atoms. The molecular weight excluding hydrogens is 356 g/mol. The van der Waals surface area contributed by atoms with Crippen LogP contribution in [0.4, 0.5) is 0 Å². The molecule has 0 aliphatic heterocycles. The van der Waals surface area contributed by atoms with Crippen molar-refractivity contribution in [3.8, 4) is 34.4 Å². The van der Waals surface area contributed by atoms with Gasteiger partial charge in [0.2, 0.25) is 11.3 Å². The summed E-state index contributed by atoms with van der Waals surface area (Å²) in [6.07, 6.45) is 1.61. The molecule has 0 fully saturated rings. The summed E-state index contributed by atoms with van der Waals surface area (Å²) in [5.41, 5.74) is 2.51. The van der Waals surface area contributed by atoms with Crippen LogP contribution in [0.2, 0.25) is 0 Å². The maximum atomic E-state index is 12.3. The highest BCUT2D eigenvalue weighted by atomic mass is 16.5. The topological polar surface area (TPSA) is 83.0 Å². The number of ether oxygens (including phenoxy) is 1. The molecule has 0 unspecified atom stereocenters. The lowest BCUT2D eigenvalue weighted by Gasteiger charge is -2.06. The average molecular weight is 374 g/mol. The van der Waals surface area contributed by atoms with Crippen LogP contribution in [0.5, 0.6) is 5.75 Å². The van der Waals surface area contributed by atoms with Crippen LogP contribution in [-0.2, 0) is 0 Å². The molecule has 0 spiro atoms. The van der Waals surface area contributed by atoms with E-state index in [1.54, 1.807) is 10.9 Å². The lowest BCUT2D eigenvalue weighted by atomic mass is 10.2. The number of rotatable bonds is 5. The number of aromatic nitrogens is 4. The molecule has 0 bridgehead atoms. The Bertz CT molecular complexity index is 1160. The number of benzene rings is 2. The first-order valence-electron chi connectivity index (χ1n) is 8.88. The van der Waals surface area contributed by atoms with E-state index in [0.717, 1.165) is 16.8 Å². The largest absolute Gasteiger partial charge is 0.494 e. The maximum Gasteiger partial charge on any atom is 0.282 e.